The molecule has 6 aliphatic rings. The lowest BCUT2D eigenvalue weighted by atomic mass is 9.84. The molecule has 24 atom stereocenters. The Morgan fingerprint density at radius 1 is 0.436 bits per heavy atom. The second kappa shape index (κ2) is 38.0. The molecule has 0 saturated carbocycles. The number of aliphatic hydroxyl groups excluding tert-OH is 12. The summed E-state index contributed by atoms with van der Waals surface area (Å²) < 4.78 is 115. The summed E-state index contributed by atoms with van der Waals surface area (Å²) in [5.41, 5.74) is 11.0. The second-order valence-electron chi connectivity index (χ2n) is 26.1. The molecule has 0 aliphatic carbocycles. The Bertz CT molecular complexity index is 5570. The Balaban J connectivity index is 0.000000194. The number of aliphatic hydroxyl groups is 12. The number of nitrogens with two attached hydrogens (primary N) is 2. The molecule has 638 valence electrons. The van der Waals surface area contributed by atoms with Gasteiger partial charge in [-0.05, 0) is 31.8 Å². The number of hydrogen-bond acceptors (Lipinski definition) is 36. The Morgan fingerprint density at radius 2 is 0.744 bits per heavy atom. The van der Waals surface area contributed by atoms with E-state index in [9.17, 15) is 120 Å². The van der Waals surface area contributed by atoms with Gasteiger partial charge >= 0.3 is 34.1 Å². The van der Waals surface area contributed by atoms with E-state index in [2.05, 4.69) is 20.1 Å². The van der Waals surface area contributed by atoms with Crippen LogP contribution in [0, 0.1) is 68.9 Å². The lowest BCUT2D eigenvalue weighted by Gasteiger charge is -2.28. The summed E-state index contributed by atoms with van der Waals surface area (Å²) in [5.74, 6) is -8.45. The number of azide groups is 2. The number of halogens is 6. The first-order valence-corrected chi connectivity index (χ1v) is 33.1. The van der Waals surface area contributed by atoms with E-state index in [-0.39, 0.29) is 0 Å². The molecular weight excluding hydrogens is 1610 g/mol. The van der Waals surface area contributed by atoms with Gasteiger partial charge in [0.1, 0.15) is 90.2 Å². The van der Waals surface area contributed by atoms with Crippen molar-refractivity contribution < 1.29 is 116 Å². The van der Waals surface area contributed by atoms with Crippen molar-refractivity contribution in [3.63, 3.8) is 0 Å². The first-order valence-electron chi connectivity index (χ1n) is 33.1. The van der Waals surface area contributed by atoms with E-state index in [1.807, 2.05) is 0 Å². The fourth-order valence-corrected chi connectivity index (χ4v) is 12.2. The Morgan fingerprint density at radius 3 is 1.11 bits per heavy atom. The van der Waals surface area contributed by atoms with Crippen LogP contribution in [0.3, 0.4) is 0 Å². The van der Waals surface area contributed by atoms with Crippen molar-refractivity contribution in [3.05, 3.63) is 218 Å². The fourth-order valence-electron chi connectivity index (χ4n) is 12.2. The molecule has 12 heterocycles. The molecular formula is C59H70F6N22O30. The van der Waals surface area contributed by atoms with E-state index in [0.717, 1.165) is 9.13 Å². The maximum atomic E-state index is 13.4. The van der Waals surface area contributed by atoms with Crippen LogP contribution >= 0.6 is 0 Å². The van der Waals surface area contributed by atoms with Gasteiger partial charge in [-0.25, -0.2) is 28.8 Å². The maximum Gasteiger partial charge on any atom is 0.330 e. The molecule has 52 nitrogen and oxygen atoms in total. The minimum atomic E-state index is -1.67. The number of nitrogens with zero attached hydrogens (tertiary/aromatic N) is 14. The topological polar surface area (TPSA) is 824 Å². The summed E-state index contributed by atoms with van der Waals surface area (Å²) in [7, 11) is 0. The summed E-state index contributed by atoms with van der Waals surface area (Å²) in [6.07, 6.45) is -18.3. The third-order valence-electron chi connectivity index (χ3n) is 18.5. The molecule has 12 rings (SSSR count). The molecule has 117 heavy (non-hydrogen) atoms. The van der Waals surface area contributed by atoms with Crippen molar-refractivity contribution in [3.8, 4) is 12.1 Å². The number of nitriles is 2. The molecule has 58 heteroatoms. The lowest BCUT2D eigenvalue weighted by molar-refractivity contribution is -0.0507. The minimum Gasteiger partial charge on any atom is -0.394 e. The average molecular weight is 1680 g/mol. The van der Waals surface area contributed by atoms with E-state index in [0.29, 0.717) is 55.4 Å². The molecule has 6 aliphatic heterocycles. The second-order valence-corrected chi connectivity index (χ2v) is 26.1. The fraction of sp³-hybridized carbons (Fsp3) is 0.559. The summed E-state index contributed by atoms with van der Waals surface area (Å²) in [4.78, 5) is 151. The van der Waals surface area contributed by atoms with Crippen molar-refractivity contribution in [1.82, 2.24) is 57.3 Å². The van der Waals surface area contributed by atoms with Gasteiger partial charge in [0.25, 0.3) is 33.4 Å². The van der Waals surface area contributed by atoms with Crippen LogP contribution in [0.1, 0.15) is 58.1 Å². The highest BCUT2D eigenvalue weighted by Gasteiger charge is 2.57. The number of aromatic nitrogens is 12. The first kappa shape index (κ1) is 92.6. The summed E-state index contributed by atoms with van der Waals surface area (Å²) in [6, 6.07) is 1.26. The SMILES string of the molecule is C[C@@]1(C#N)[C@H](O)[C@@H](CO)O[C@H]1n1cc(F)c(=O)[nH]c1=O.C[C@@]1(N)[C@H](O)[C@@H](CO)O[C@H]1n1cc(F)c(=O)[nH]c1=O.C[C@@]1(N=[N+]=[N-])[C@H](O)[C@@H](CO)O[C@H]1n1cc(F)c(=O)[nH]c1=O.N#C[C@@H]1[C@H](O)[C@@H](CO)O[C@H]1n1cc(F)c(=O)[nH]c1=O.N[C@@H]1[C@H](O)[C@@H](CO)O[C@H]1n1cc(F)c(=O)[nH]c1=O.[N-]=[N+]=N[C@@H]1[C@H](O)[C@@H](CO)O[C@H]1n1cc(F)c(=O)[nH]c1=O. The van der Waals surface area contributed by atoms with Crippen LogP contribution in [-0.4, -0.2) is 255 Å². The predicted molar refractivity (Wildman–Crippen MR) is 364 cm³/mol. The highest BCUT2D eigenvalue weighted by Crippen LogP contribution is 2.45. The lowest BCUT2D eigenvalue weighted by Crippen LogP contribution is -2.53. The standard InChI is InChI=1S/C11H12FN3O5.C10H12FN5O5.C10H14FN3O5.C10H10FN3O5.C9H10FN5O5.C9H12FN3O5/c1-11(4-13)7(17)6(3-16)20-9(11)15-2-5(12)8(18)14-10(15)19;1-10(14-15-12)6(18)5(3-17)21-8(10)16-2-4(11)7(19)13-9(16)20;1-10(12)6(16)5(3-15)19-8(10)14-2-4(11)7(17)13-9(14)18;11-5-2-14(10(18)13-8(5)17)9-4(1-12)7(16)6(3-15)19-9;10-3-1-15(9(19)12-7(3)18)8-5(13-14-11)6(17)4(2-16)20-8;10-3-1-13(9(17)12-7(3)16)8-5(11)6(15)4(2-14)18-8/h2,6-7,9,16-17H,3H2,1H3,(H,14,18,19);2,5-6,8,17-18H,3H2,1H3,(H,13,19,20);2,5-6,8,15-16H,3,12H2,1H3,(H,13,17,18);2,4,6-7,9,15-16H,3H2,(H,13,17,18);1,4-6,8,16-17H,2H2,(H,12,18,19);1,4-6,8,14-15H,2,11H2,(H,12,16,17)/t6-,7-,9-,11-;2*5-,6-,8-,10-;4-,6-,7+,9-;2*4-,5-,6-,8-/m111111/s1. The van der Waals surface area contributed by atoms with Crippen molar-refractivity contribution in [2.24, 2.45) is 33.0 Å². The third kappa shape index (κ3) is 19.0. The molecule has 6 saturated heterocycles. The van der Waals surface area contributed by atoms with Crippen molar-refractivity contribution in [2.75, 3.05) is 39.6 Å². The Kier molecular flexibility index (Phi) is 30.1. The zero-order valence-electron chi connectivity index (χ0n) is 59.7. The van der Waals surface area contributed by atoms with Crippen LogP contribution in [0.2, 0.25) is 0 Å². The van der Waals surface area contributed by atoms with E-state index >= 15 is 0 Å². The van der Waals surface area contributed by atoms with Crippen LogP contribution in [0.15, 0.2) is 105 Å². The minimum absolute atomic E-state index is 0.494. The first-order chi connectivity index (χ1) is 54.9. The van der Waals surface area contributed by atoms with E-state index in [1.54, 1.807) is 42.0 Å². The highest BCUT2D eigenvalue weighted by atomic mass is 19.1. The molecule has 0 aromatic carbocycles. The molecule has 0 spiro atoms. The van der Waals surface area contributed by atoms with Crippen molar-refractivity contribution >= 4 is 0 Å². The van der Waals surface area contributed by atoms with Gasteiger partial charge < -0.3 is 101 Å². The number of ether oxygens (including phenoxy) is 6. The monoisotopic (exact) mass is 1680 g/mol. The van der Waals surface area contributed by atoms with Crippen molar-refractivity contribution in [2.45, 2.75) is 155 Å². The highest BCUT2D eigenvalue weighted by molar-refractivity contribution is 5.13. The Labute approximate surface area is 639 Å². The smallest absolute Gasteiger partial charge is 0.330 e. The Hall–Kier alpha value is -11.5. The molecule has 0 unspecified atom stereocenters. The van der Waals surface area contributed by atoms with Gasteiger partial charge in [-0.15, -0.1) is 0 Å². The van der Waals surface area contributed by atoms with E-state index in [4.69, 9.17) is 86.9 Å². The number of H-pyrrole nitrogens is 6. The number of rotatable bonds is 14. The van der Waals surface area contributed by atoms with Crippen LogP contribution in [0.4, 0.5) is 26.3 Å². The molecule has 22 N–H and O–H groups in total. The van der Waals surface area contributed by atoms with Gasteiger partial charge in [0.05, 0.1) is 113 Å². The third-order valence-corrected chi connectivity index (χ3v) is 18.5. The predicted octanol–water partition coefficient (Wildman–Crippen LogP) is -11.0. The van der Waals surface area contributed by atoms with E-state index < -0.39 is 287 Å². The van der Waals surface area contributed by atoms with Crippen LogP contribution in [-0.2, 0) is 28.4 Å². The van der Waals surface area contributed by atoms with Gasteiger partial charge in [0, 0.05) is 9.82 Å². The van der Waals surface area contributed by atoms with Crippen LogP contribution in [0.25, 0.3) is 20.9 Å². The summed E-state index contributed by atoms with van der Waals surface area (Å²) in [6.45, 7) is 0.668. The molecule has 0 bridgehead atoms. The van der Waals surface area contributed by atoms with Gasteiger partial charge in [-0.1, -0.05) is 10.2 Å². The van der Waals surface area contributed by atoms with Crippen LogP contribution < -0.4 is 79.0 Å². The van der Waals surface area contributed by atoms with E-state index in [1.165, 1.54) is 20.8 Å². The molecule has 0 radical (unpaired) electrons. The quantitative estimate of drug-likeness (QED) is 0.0208. The number of nitrogens with one attached hydrogen (secondary N) is 6. The molecule has 6 aromatic rings. The van der Waals surface area contributed by atoms with Gasteiger partial charge in [-0.3, -0.25) is 86.1 Å². The molecule has 0 amide bonds. The maximum absolute atomic E-state index is 13.4. The normalized spacial score (nSPS) is 31.8. The largest absolute Gasteiger partial charge is 0.394 e. The number of aromatic amines is 6. The zero-order chi connectivity index (χ0) is 87.7. The number of hydrogen-bond donors (Lipinski definition) is 20. The van der Waals surface area contributed by atoms with Crippen LogP contribution in [0.5, 0.6) is 0 Å². The van der Waals surface area contributed by atoms with Gasteiger partial charge in [0.2, 0.25) is 34.9 Å². The molecule has 6 fully saturated rings. The summed E-state index contributed by atoms with van der Waals surface area (Å²) >= 11 is 0. The zero-order valence-corrected chi connectivity index (χ0v) is 59.7. The summed E-state index contributed by atoms with van der Waals surface area (Å²) in [5, 5.41) is 138. The average Bonchev–Trinajstić information content (AvgIpc) is 1.70. The molecule has 6 aromatic heterocycles. The van der Waals surface area contributed by atoms with Crippen molar-refractivity contribution in [1.29, 1.82) is 10.5 Å². The van der Waals surface area contributed by atoms with Gasteiger partial charge in [0.15, 0.2) is 31.1 Å². The van der Waals surface area contributed by atoms with Gasteiger partial charge in [-0.2, -0.15) is 36.9 Å².